The Labute approximate surface area is 172 Å². The molecule has 148 valence electrons. The molecule has 1 aromatic heterocycles. The third-order valence-corrected chi connectivity index (χ3v) is 5.54. The predicted octanol–water partition coefficient (Wildman–Crippen LogP) is 3.28. The van der Waals surface area contributed by atoms with Crippen LogP contribution in [0.5, 0.6) is 0 Å². The number of benzene rings is 3. The molecule has 1 aliphatic rings. The van der Waals surface area contributed by atoms with E-state index in [1.807, 2.05) is 54.7 Å². The summed E-state index contributed by atoms with van der Waals surface area (Å²) >= 11 is 0. The minimum absolute atomic E-state index is 0.127. The summed E-state index contributed by atoms with van der Waals surface area (Å²) in [5.41, 5.74) is 2.94. The van der Waals surface area contributed by atoms with Crippen LogP contribution in [0.4, 0.5) is 0 Å². The quantitative estimate of drug-likeness (QED) is 0.507. The van der Waals surface area contributed by atoms with Crippen molar-refractivity contribution in [2.24, 2.45) is 0 Å². The molecule has 2 N–H and O–H groups in total. The van der Waals surface area contributed by atoms with E-state index in [4.69, 9.17) is 0 Å². The van der Waals surface area contributed by atoms with Gasteiger partial charge < -0.3 is 10.3 Å². The first-order valence-corrected chi connectivity index (χ1v) is 9.83. The fraction of sp³-hybridized carbons (Fsp3) is 0.125. The molecule has 4 aromatic rings. The number of carbonyl (C=O) groups excluding carboxylic acids is 3. The Bertz CT molecular complexity index is 1270. The Morgan fingerprint density at radius 1 is 0.900 bits per heavy atom. The molecule has 0 unspecified atom stereocenters. The molecule has 0 radical (unpaired) electrons. The topological polar surface area (TPSA) is 82.3 Å². The Hall–Kier alpha value is -3.93. The van der Waals surface area contributed by atoms with Crippen LogP contribution >= 0.6 is 0 Å². The van der Waals surface area contributed by atoms with Gasteiger partial charge in [0, 0.05) is 46.7 Å². The van der Waals surface area contributed by atoms with Crippen LogP contribution in [0.3, 0.4) is 0 Å². The van der Waals surface area contributed by atoms with Gasteiger partial charge in [-0.15, -0.1) is 0 Å². The Morgan fingerprint density at radius 3 is 2.33 bits per heavy atom. The van der Waals surface area contributed by atoms with Gasteiger partial charge in [-0.3, -0.25) is 19.3 Å². The predicted molar refractivity (Wildman–Crippen MR) is 114 cm³/mol. The number of rotatable bonds is 5. The van der Waals surface area contributed by atoms with E-state index in [9.17, 15) is 14.4 Å². The lowest BCUT2D eigenvalue weighted by Gasteiger charge is -2.27. The smallest absolute Gasteiger partial charge is 0.261 e. The zero-order valence-electron chi connectivity index (χ0n) is 16.1. The van der Waals surface area contributed by atoms with Crippen LogP contribution in [0, 0.1) is 0 Å². The molecule has 0 aliphatic carbocycles. The van der Waals surface area contributed by atoms with E-state index in [0.29, 0.717) is 16.5 Å². The van der Waals surface area contributed by atoms with Crippen LogP contribution in [-0.4, -0.2) is 40.7 Å². The van der Waals surface area contributed by atoms with Gasteiger partial charge in [-0.25, -0.2) is 0 Å². The van der Waals surface area contributed by atoms with E-state index in [1.165, 1.54) is 4.90 Å². The van der Waals surface area contributed by atoms with Crippen molar-refractivity contribution in [1.29, 1.82) is 0 Å². The van der Waals surface area contributed by atoms with E-state index in [2.05, 4.69) is 10.3 Å². The Balaban J connectivity index is 1.27. The summed E-state index contributed by atoms with van der Waals surface area (Å²) < 4.78 is 0. The van der Waals surface area contributed by atoms with Gasteiger partial charge in [0.15, 0.2) is 0 Å². The molecule has 6 heteroatoms. The number of fused-ring (bicyclic) bond motifs is 1. The second-order valence-corrected chi connectivity index (χ2v) is 7.36. The van der Waals surface area contributed by atoms with Gasteiger partial charge in [-0.1, -0.05) is 42.5 Å². The van der Waals surface area contributed by atoms with E-state index >= 15 is 0 Å². The fourth-order valence-electron chi connectivity index (χ4n) is 4.10. The molecule has 0 spiro atoms. The fourth-order valence-corrected chi connectivity index (χ4v) is 4.10. The number of aromatic amines is 1. The van der Waals surface area contributed by atoms with Crippen molar-refractivity contribution in [2.45, 2.75) is 6.42 Å². The molecule has 3 aromatic carbocycles. The molecule has 30 heavy (non-hydrogen) atoms. The molecule has 1 aliphatic heterocycles. The van der Waals surface area contributed by atoms with E-state index in [0.717, 1.165) is 21.9 Å². The van der Waals surface area contributed by atoms with Crippen LogP contribution < -0.4 is 5.32 Å². The molecule has 0 atom stereocenters. The van der Waals surface area contributed by atoms with Crippen molar-refractivity contribution in [2.75, 3.05) is 13.1 Å². The highest BCUT2D eigenvalue weighted by Gasteiger charge is 2.32. The third kappa shape index (κ3) is 2.93. The molecule has 0 saturated carbocycles. The van der Waals surface area contributed by atoms with Gasteiger partial charge in [0.2, 0.25) is 5.91 Å². The molecule has 6 nitrogen and oxygen atoms in total. The van der Waals surface area contributed by atoms with Crippen LogP contribution in [-0.2, 0) is 11.2 Å². The van der Waals surface area contributed by atoms with Gasteiger partial charge >= 0.3 is 0 Å². The monoisotopic (exact) mass is 397 g/mol. The second-order valence-electron chi connectivity index (χ2n) is 7.36. The molecule has 3 amide bonds. The van der Waals surface area contributed by atoms with Crippen molar-refractivity contribution < 1.29 is 14.4 Å². The SMILES string of the molecule is O=C(Cc1c[nH]c2ccccc12)NCCN1C(=O)c2cccc3cccc(c23)C1=O. The molecular formula is C24H19N3O3. The number of para-hydroxylation sites is 1. The number of hydrogen-bond donors (Lipinski definition) is 2. The summed E-state index contributed by atoms with van der Waals surface area (Å²) in [6, 6.07) is 18.7. The molecule has 0 bridgehead atoms. The van der Waals surface area contributed by atoms with Gasteiger partial charge in [0.25, 0.3) is 11.8 Å². The molecule has 5 rings (SSSR count). The number of nitrogens with zero attached hydrogens (tertiary/aromatic N) is 1. The summed E-state index contributed by atoms with van der Waals surface area (Å²) in [5.74, 6) is -0.801. The molecule has 2 heterocycles. The van der Waals surface area contributed by atoms with Crippen LogP contribution in [0.25, 0.3) is 21.7 Å². The summed E-state index contributed by atoms with van der Waals surface area (Å²) in [5, 5.41) is 5.41. The highest BCUT2D eigenvalue weighted by Crippen LogP contribution is 2.29. The lowest BCUT2D eigenvalue weighted by atomic mass is 9.94. The van der Waals surface area contributed by atoms with Gasteiger partial charge in [0.1, 0.15) is 0 Å². The first-order chi connectivity index (χ1) is 14.6. The third-order valence-electron chi connectivity index (χ3n) is 5.54. The van der Waals surface area contributed by atoms with Crippen molar-refractivity contribution >= 4 is 39.4 Å². The zero-order valence-corrected chi connectivity index (χ0v) is 16.1. The number of H-pyrrole nitrogens is 1. The minimum atomic E-state index is -0.324. The maximum absolute atomic E-state index is 12.9. The number of aromatic nitrogens is 1. The number of nitrogens with one attached hydrogen (secondary N) is 2. The summed E-state index contributed by atoms with van der Waals surface area (Å²) in [7, 11) is 0. The maximum Gasteiger partial charge on any atom is 0.261 e. The lowest BCUT2D eigenvalue weighted by molar-refractivity contribution is -0.120. The molecule has 0 saturated heterocycles. The van der Waals surface area contributed by atoms with E-state index < -0.39 is 0 Å². The van der Waals surface area contributed by atoms with Gasteiger partial charge in [0.05, 0.1) is 6.42 Å². The van der Waals surface area contributed by atoms with Crippen LogP contribution in [0.2, 0.25) is 0 Å². The van der Waals surface area contributed by atoms with E-state index in [1.54, 1.807) is 12.1 Å². The number of imide groups is 1. The van der Waals surface area contributed by atoms with Gasteiger partial charge in [-0.2, -0.15) is 0 Å². The normalized spacial score (nSPS) is 13.3. The maximum atomic E-state index is 12.9. The van der Waals surface area contributed by atoms with Crippen molar-refractivity contribution in [3.8, 4) is 0 Å². The largest absolute Gasteiger partial charge is 0.361 e. The first-order valence-electron chi connectivity index (χ1n) is 9.83. The van der Waals surface area contributed by atoms with Crippen molar-refractivity contribution in [3.63, 3.8) is 0 Å². The standard InChI is InChI=1S/C24H19N3O3/c28-21(13-16-14-26-20-10-2-1-7-17(16)20)25-11-12-27-23(29)18-8-3-5-15-6-4-9-19(22(15)18)24(27)30/h1-10,14,26H,11-13H2,(H,25,28). The number of carbonyl (C=O) groups is 3. The average Bonchev–Trinajstić information content (AvgIpc) is 3.17. The highest BCUT2D eigenvalue weighted by molar-refractivity contribution is 6.25. The minimum Gasteiger partial charge on any atom is -0.361 e. The summed E-state index contributed by atoms with van der Waals surface area (Å²) in [6.45, 7) is 0.332. The van der Waals surface area contributed by atoms with Crippen LogP contribution in [0.1, 0.15) is 26.3 Å². The molecular weight excluding hydrogens is 378 g/mol. The number of hydrogen-bond acceptors (Lipinski definition) is 3. The highest BCUT2D eigenvalue weighted by atomic mass is 16.2. The van der Waals surface area contributed by atoms with Crippen LogP contribution in [0.15, 0.2) is 66.9 Å². The second kappa shape index (κ2) is 7.15. The van der Waals surface area contributed by atoms with Crippen molar-refractivity contribution in [1.82, 2.24) is 15.2 Å². The van der Waals surface area contributed by atoms with Gasteiger partial charge in [-0.05, 0) is 29.1 Å². The first kappa shape index (κ1) is 18.1. The Kier molecular flexibility index (Phi) is 4.32. The zero-order chi connectivity index (χ0) is 20.7. The van der Waals surface area contributed by atoms with Crippen molar-refractivity contribution in [3.05, 3.63) is 83.6 Å². The summed E-state index contributed by atoms with van der Waals surface area (Å²) in [6.07, 6.45) is 2.06. The average molecular weight is 397 g/mol. The molecule has 0 fully saturated rings. The lowest BCUT2D eigenvalue weighted by Crippen LogP contribution is -2.44. The number of amides is 3. The van der Waals surface area contributed by atoms with E-state index in [-0.39, 0.29) is 37.2 Å². The summed E-state index contributed by atoms with van der Waals surface area (Å²) in [4.78, 5) is 42.5. The Morgan fingerprint density at radius 2 is 1.60 bits per heavy atom.